The quantitative estimate of drug-likeness (QED) is 0.827. The standard InChI is InChI=1S/C13H14N4OS2/c1-9(7-14)19-13-17-16-12(20-13)15-8-10-3-5-11(18-2)6-4-10/h3-6,9H,8H2,1-2H3,(H,15,16)/t9-/m0/s1. The van der Waals surface area contributed by atoms with Crippen molar-refractivity contribution in [3.63, 3.8) is 0 Å². The number of methoxy groups -OCH3 is 1. The Morgan fingerprint density at radius 3 is 2.80 bits per heavy atom. The molecule has 1 aromatic carbocycles. The number of nitrogens with one attached hydrogen (secondary N) is 1. The van der Waals surface area contributed by atoms with Crippen molar-refractivity contribution in [2.45, 2.75) is 23.1 Å². The maximum Gasteiger partial charge on any atom is 0.206 e. The van der Waals surface area contributed by atoms with Gasteiger partial charge in [0.15, 0.2) is 4.34 Å². The second-order valence-electron chi connectivity index (χ2n) is 3.96. The van der Waals surface area contributed by atoms with Gasteiger partial charge >= 0.3 is 0 Å². The smallest absolute Gasteiger partial charge is 0.206 e. The summed E-state index contributed by atoms with van der Waals surface area (Å²) in [6, 6.07) is 10.0. The highest BCUT2D eigenvalue weighted by Gasteiger charge is 2.08. The second-order valence-corrected chi connectivity index (χ2v) is 6.53. The van der Waals surface area contributed by atoms with Crippen LogP contribution >= 0.6 is 23.1 Å². The van der Waals surface area contributed by atoms with Gasteiger partial charge < -0.3 is 10.1 Å². The molecule has 0 aliphatic heterocycles. The maximum absolute atomic E-state index is 8.76. The van der Waals surface area contributed by atoms with Gasteiger partial charge in [-0.15, -0.1) is 10.2 Å². The summed E-state index contributed by atoms with van der Waals surface area (Å²) in [6.07, 6.45) is 0. The predicted molar refractivity (Wildman–Crippen MR) is 81.2 cm³/mol. The van der Waals surface area contributed by atoms with Crippen LogP contribution in [-0.2, 0) is 6.54 Å². The monoisotopic (exact) mass is 306 g/mol. The molecule has 7 heteroatoms. The molecule has 0 saturated carbocycles. The summed E-state index contributed by atoms with van der Waals surface area (Å²) >= 11 is 2.88. The van der Waals surface area contributed by atoms with Crippen LogP contribution in [0.15, 0.2) is 28.6 Å². The molecule has 0 radical (unpaired) electrons. The average Bonchev–Trinajstić information content (AvgIpc) is 2.93. The van der Waals surface area contributed by atoms with Gasteiger partial charge in [-0.25, -0.2) is 0 Å². The van der Waals surface area contributed by atoms with Gasteiger partial charge in [-0.3, -0.25) is 0 Å². The minimum absolute atomic E-state index is 0.114. The number of nitriles is 1. The maximum atomic E-state index is 8.76. The lowest BCUT2D eigenvalue weighted by molar-refractivity contribution is 0.414. The Bertz CT molecular complexity index is 591. The zero-order valence-corrected chi connectivity index (χ0v) is 12.8. The van der Waals surface area contributed by atoms with Crippen LogP contribution in [0.5, 0.6) is 5.75 Å². The van der Waals surface area contributed by atoms with Gasteiger partial charge in [0.05, 0.1) is 18.4 Å². The van der Waals surface area contributed by atoms with Crippen molar-refractivity contribution in [2.24, 2.45) is 0 Å². The molecule has 1 atom stereocenters. The molecule has 1 heterocycles. The van der Waals surface area contributed by atoms with E-state index in [9.17, 15) is 0 Å². The summed E-state index contributed by atoms with van der Waals surface area (Å²) in [4.78, 5) is 0. The number of ether oxygens (including phenoxy) is 1. The van der Waals surface area contributed by atoms with Crippen LogP contribution in [0.4, 0.5) is 5.13 Å². The SMILES string of the molecule is COc1ccc(CNc2nnc(S[C@@H](C)C#N)s2)cc1. The first-order valence-electron chi connectivity index (χ1n) is 5.98. The number of aromatic nitrogens is 2. The Labute approximate surface area is 126 Å². The third kappa shape index (κ3) is 4.11. The predicted octanol–water partition coefficient (Wildman–Crippen LogP) is 3.16. The largest absolute Gasteiger partial charge is 0.497 e. The fourth-order valence-corrected chi connectivity index (χ4v) is 3.21. The molecule has 2 aromatic rings. The molecular weight excluding hydrogens is 292 g/mol. The summed E-state index contributed by atoms with van der Waals surface area (Å²) < 4.78 is 5.92. The summed E-state index contributed by atoms with van der Waals surface area (Å²) in [7, 11) is 1.65. The van der Waals surface area contributed by atoms with Crippen LogP contribution < -0.4 is 10.1 Å². The number of thioether (sulfide) groups is 1. The Balaban J connectivity index is 1.89. The molecule has 2 rings (SSSR count). The lowest BCUT2D eigenvalue weighted by Crippen LogP contribution is -1.98. The summed E-state index contributed by atoms with van der Waals surface area (Å²) in [5.41, 5.74) is 1.14. The topological polar surface area (TPSA) is 70.8 Å². The number of hydrogen-bond acceptors (Lipinski definition) is 7. The van der Waals surface area contributed by atoms with E-state index in [4.69, 9.17) is 10.00 Å². The molecule has 0 spiro atoms. The van der Waals surface area contributed by atoms with Crippen molar-refractivity contribution in [1.29, 1.82) is 5.26 Å². The minimum Gasteiger partial charge on any atom is -0.497 e. The second kappa shape index (κ2) is 7.12. The normalized spacial score (nSPS) is 11.7. The number of benzene rings is 1. The fraction of sp³-hybridized carbons (Fsp3) is 0.308. The van der Waals surface area contributed by atoms with Crippen LogP contribution in [0.1, 0.15) is 12.5 Å². The van der Waals surface area contributed by atoms with Crippen LogP contribution in [0.3, 0.4) is 0 Å². The van der Waals surface area contributed by atoms with Gasteiger partial charge in [-0.1, -0.05) is 35.2 Å². The summed E-state index contributed by atoms with van der Waals surface area (Å²) in [6.45, 7) is 2.52. The van der Waals surface area contributed by atoms with Crippen molar-refractivity contribution in [3.8, 4) is 11.8 Å². The van der Waals surface area contributed by atoms with E-state index in [-0.39, 0.29) is 5.25 Å². The van der Waals surface area contributed by atoms with E-state index in [1.807, 2.05) is 31.2 Å². The first-order chi connectivity index (χ1) is 9.71. The van der Waals surface area contributed by atoms with Gasteiger partial charge in [0.25, 0.3) is 0 Å². The van der Waals surface area contributed by atoms with E-state index in [1.165, 1.54) is 23.1 Å². The van der Waals surface area contributed by atoms with Crippen molar-refractivity contribution in [2.75, 3.05) is 12.4 Å². The molecule has 0 aliphatic carbocycles. The van der Waals surface area contributed by atoms with Crippen LogP contribution in [0.25, 0.3) is 0 Å². The minimum atomic E-state index is -0.114. The first kappa shape index (κ1) is 14.6. The average molecular weight is 306 g/mol. The van der Waals surface area contributed by atoms with E-state index in [1.54, 1.807) is 7.11 Å². The number of anilines is 1. The van der Waals surface area contributed by atoms with Crippen LogP contribution in [0.2, 0.25) is 0 Å². The van der Waals surface area contributed by atoms with E-state index in [0.29, 0.717) is 6.54 Å². The van der Waals surface area contributed by atoms with Gasteiger partial charge in [0.2, 0.25) is 5.13 Å². The van der Waals surface area contributed by atoms with E-state index < -0.39 is 0 Å². The number of nitrogens with zero attached hydrogens (tertiary/aromatic N) is 3. The van der Waals surface area contributed by atoms with Gasteiger partial charge in [-0.2, -0.15) is 5.26 Å². The molecule has 0 saturated heterocycles. The molecule has 1 aromatic heterocycles. The molecule has 0 unspecified atom stereocenters. The number of rotatable bonds is 6. The molecule has 5 nitrogen and oxygen atoms in total. The van der Waals surface area contributed by atoms with Crippen molar-refractivity contribution >= 4 is 28.2 Å². The third-order valence-corrected chi connectivity index (χ3v) is 4.43. The molecule has 104 valence electrons. The highest BCUT2D eigenvalue weighted by Crippen LogP contribution is 2.28. The van der Waals surface area contributed by atoms with Gasteiger partial charge in [0, 0.05) is 6.54 Å². The molecule has 0 aliphatic rings. The van der Waals surface area contributed by atoms with E-state index in [2.05, 4.69) is 21.6 Å². The lowest BCUT2D eigenvalue weighted by Gasteiger charge is -2.03. The summed E-state index contributed by atoms with van der Waals surface area (Å²) in [5, 5.41) is 20.7. The molecule has 1 N–H and O–H groups in total. The van der Waals surface area contributed by atoms with E-state index in [0.717, 1.165) is 20.8 Å². The van der Waals surface area contributed by atoms with Gasteiger partial charge in [-0.05, 0) is 24.6 Å². The molecule has 0 amide bonds. The fourth-order valence-electron chi connectivity index (χ4n) is 1.43. The van der Waals surface area contributed by atoms with Crippen molar-refractivity contribution < 1.29 is 4.74 Å². The Hall–Kier alpha value is -1.78. The Kier molecular flexibility index (Phi) is 5.21. The van der Waals surface area contributed by atoms with Gasteiger partial charge in [0.1, 0.15) is 5.75 Å². The van der Waals surface area contributed by atoms with Crippen LogP contribution in [-0.4, -0.2) is 22.6 Å². The Morgan fingerprint density at radius 2 is 2.15 bits per heavy atom. The Morgan fingerprint density at radius 1 is 1.40 bits per heavy atom. The zero-order chi connectivity index (χ0) is 14.4. The zero-order valence-electron chi connectivity index (χ0n) is 11.2. The van der Waals surface area contributed by atoms with E-state index >= 15 is 0 Å². The lowest BCUT2D eigenvalue weighted by atomic mass is 10.2. The molecule has 0 fully saturated rings. The van der Waals surface area contributed by atoms with Crippen molar-refractivity contribution in [1.82, 2.24) is 10.2 Å². The van der Waals surface area contributed by atoms with Crippen molar-refractivity contribution in [3.05, 3.63) is 29.8 Å². The molecule has 20 heavy (non-hydrogen) atoms. The molecular formula is C13H14N4OS2. The van der Waals surface area contributed by atoms with Crippen LogP contribution in [0, 0.1) is 11.3 Å². The summed E-state index contributed by atoms with van der Waals surface area (Å²) in [5.74, 6) is 0.842. The number of hydrogen-bond donors (Lipinski definition) is 1. The molecule has 0 bridgehead atoms. The first-order valence-corrected chi connectivity index (χ1v) is 7.67. The highest BCUT2D eigenvalue weighted by atomic mass is 32.2. The highest BCUT2D eigenvalue weighted by molar-refractivity contribution is 8.01. The third-order valence-electron chi connectivity index (χ3n) is 2.47.